The second-order valence-corrected chi connectivity index (χ2v) is 7.86. The average Bonchev–Trinajstić information content (AvgIpc) is 2.73. The van der Waals surface area contributed by atoms with Crippen LogP contribution in [0.4, 0.5) is 28.7 Å². The van der Waals surface area contributed by atoms with Crippen molar-refractivity contribution in [3.8, 4) is 0 Å². The summed E-state index contributed by atoms with van der Waals surface area (Å²) in [6.45, 7) is 3.25. The number of halogens is 3. The number of nitrogens with one attached hydrogen (secondary N) is 1. The second-order valence-electron chi connectivity index (χ2n) is 6.64. The molecule has 9 heteroatoms. The third-order valence-electron chi connectivity index (χ3n) is 4.82. The highest BCUT2D eigenvalue weighted by atomic mass is 35.5. The Morgan fingerprint density at radius 3 is 2.38 bits per heavy atom. The predicted molar refractivity (Wildman–Crippen MR) is 122 cm³/mol. The fourth-order valence-corrected chi connectivity index (χ4v) is 3.85. The molecule has 3 aromatic rings. The molecule has 0 radical (unpaired) electrons. The number of hydrogen-bond donors (Lipinski definition) is 2. The molecule has 1 fully saturated rings. The Bertz CT molecular complexity index is 1020. The maximum absolute atomic E-state index is 6.38. The second kappa shape index (κ2) is 8.53. The molecule has 1 aliphatic rings. The Kier molecular flexibility index (Phi) is 5.85. The van der Waals surface area contributed by atoms with E-state index in [0.717, 1.165) is 36.9 Å². The lowest BCUT2D eigenvalue weighted by Crippen LogP contribution is -2.47. The van der Waals surface area contributed by atoms with E-state index in [1.54, 1.807) is 6.07 Å². The van der Waals surface area contributed by atoms with Crippen molar-refractivity contribution < 1.29 is 0 Å². The summed E-state index contributed by atoms with van der Waals surface area (Å²) in [5, 5.41) is 4.77. The molecule has 1 saturated heterocycles. The molecule has 0 spiro atoms. The molecule has 3 N–H and O–H groups in total. The van der Waals surface area contributed by atoms with Crippen LogP contribution in [0.25, 0.3) is 0 Å². The zero-order valence-electron chi connectivity index (χ0n) is 15.4. The van der Waals surface area contributed by atoms with Crippen LogP contribution in [0, 0.1) is 0 Å². The van der Waals surface area contributed by atoms with Gasteiger partial charge in [-0.1, -0.05) is 46.9 Å². The smallest absolute Gasteiger partial charge is 0.159 e. The van der Waals surface area contributed by atoms with Gasteiger partial charge in [0.05, 0.1) is 15.7 Å². The van der Waals surface area contributed by atoms with Crippen LogP contribution < -0.4 is 20.9 Å². The van der Waals surface area contributed by atoms with Crippen molar-refractivity contribution in [3.63, 3.8) is 0 Å². The van der Waals surface area contributed by atoms with E-state index >= 15 is 0 Å². The van der Waals surface area contributed by atoms with Crippen molar-refractivity contribution in [1.29, 1.82) is 0 Å². The summed E-state index contributed by atoms with van der Waals surface area (Å²) in [6.07, 6.45) is 1.50. The van der Waals surface area contributed by atoms with Crippen LogP contribution in [0.15, 0.2) is 48.8 Å². The quantitative estimate of drug-likeness (QED) is 0.578. The lowest BCUT2D eigenvalue weighted by Gasteiger charge is -2.37. The maximum atomic E-state index is 6.38. The van der Waals surface area contributed by atoms with Crippen LogP contribution in [0.3, 0.4) is 0 Å². The lowest BCUT2D eigenvalue weighted by molar-refractivity contribution is 0.647. The third kappa shape index (κ3) is 4.29. The van der Waals surface area contributed by atoms with Crippen molar-refractivity contribution in [2.45, 2.75) is 0 Å². The van der Waals surface area contributed by atoms with Crippen molar-refractivity contribution in [1.82, 2.24) is 9.97 Å². The largest absolute Gasteiger partial charge is 0.393 e. The first kappa shape index (κ1) is 19.9. The minimum Gasteiger partial charge on any atom is -0.393 e. The number of benzene rings is 2. The first-order valence-electron chi connectivity index (χ1n) is 9.10. The van der Waals surface area contributed by atoms with E-state index < -0.39 is 0 Å². The fourth-order valence-electron chi connectivity index (χ4n) is 3.32. The van der Waals surface area contributed by atoms with Gasteiger partial charge in [-0.2, -0.15) is 0 Å². The molecule has 0 saturated carbocycles. The van der Waals surface area contributed by atoms with Crippen LogP contribution in [0.2, 0.25) is 15.1 Å². The normalized spacial score (nSPS) is 14.2. The Labute approximate surface area is 184 Å². The van der Waals surface area contributed by atoms with Gasteiger partial charge in [-0.15, -0.1) is 0 Å². The molecule has 1 aliphatic heterocycles. The minimum atomic E-state index is 0.420. The van der Waals surface area contributed by atoms with Crippen LogP contribution in [-0.2, 0) is 0 Å². The van der Waals surface area contributed by atoms with E-state index in [9.17, 15) is 0 Å². The lowest BCUT2D eigenvalue weighted by atomic mass is 10.2. The topological polar surface area (TPSA) is 70.3 Å². The van der Waals surface area contributed by atoms with E-state index in [1.807, 2.05) is 30.3 Å². The fraction of sp³-hybridized carbons (Fsp3) is 0.200. The zero-order chi connectivity index (χ0) is 20.4. The van der Waals surface area contributed by atoms with E-state index in [-0.39, 0.29) is 0 Å². The summed E-state index contributed by atoms with van der Waals surface area (Å²) >= 11 is 18.5. The SMILES string of the molecule is Nc1c(Nc2cccc(Cl)c2Cl)ncnc1N1CCN(c2cccc(Cl)c2)CC1. The van der Waals surface area contributed by atoms with Crippen molar-refractivity contribution >= 4 is 63.5 Å². The summed E-state index contributed by atoms with van der Waals surface area (Å²) < 4.78 is 0. The monoisotopic (exact) mass is 448 g/mol. The van der Waals surface area contributed by atoms with Gasteiger partial charge in [0, 0.05) is 36.9 Å². The number of rotatable bonds is 4. The van der Waals surface area contributed by atoms with Gasteiger partial charge in [0.25, 0.3) is 0 Å². The number of nitrogens with zero attached hydrogens (tertiary/aromatic N) is 4. The molecular formula is C20H19Cl3N6. The van der Waals surface area contributed by atoms with E-state index in [1.165, 1.54) is 6.33 Å². The van der Waals surface area contributed by atoms with Crippen molar-refractivity contribution in [2.75, 3.05) is 47.0 Å². The van der Waals surface area contributed by atoms with Crippen LogP contribution in [0.1, 0.15) is 0 Å². The van der Waals surface area contributed by atoms with Crippen LogP contribution in [-0.4, -0.2) is 36.1 Å². The molecule has 0 bridgehead atoms. The molecular weight excluding hydrogens is 431 g/mol. The van der Waals surface area contributed by atoms with Crippen molar-refractivity contribution in [3.05, 3.63) is 63.9 Å². The van der Waals surface area contributed by atoms with Crippen LogP contribution >= 0.6 is 34.8 Å². The number of aromatic nitrogens is 2. The van der Waals surface area contributed by atoms with Gasteiger partial charge in [0.2, 0.25) is 0 Å². The number of nitrogens with two attached hydrogens (primary N) is 1. The molecule has 0 unspecified atom stereocenters. The van der Waals surface area contributed by atoms with Gasteiger partial charge >= 0.3 is 0 Å². The number of anilines is 5. The average molecular weight is 450 g/mol. The third-order valence-corrected chi connectivity index (χ3v) is 5.87. The summed E-state index contributed by atoms with van der Waals surface area (Å²) in [7, 11) is 0. The van der Waals surface area contributed by atoms with E-state index in [0.29, 0.717) is 33.1 Å². The maximum Gasteiger partial charge on any atom is 0.159 e. The van der Waals surface area contributed by atoms with E-state index in [4.69, 9.17) is 40.5 Å². The molecule has 2 aromatic carbocycles. The summed E-state index contributed by atoms with van der Waals surface area (Å²) in [6, 6.07) is 13.2. The Balaban J connectivity index is 1.50. The molecule has 6 nitrogen and oxygen atoms in total. The summed E-state index contributed by atoms with van der Waals surface area (Å²) in [4.78, 5) is 13.1. The van der Waals surface area contributed by atoms with Crippen molar-refractivity contribution in [2.24, 2.45) is 0 Å². The Hall–Kier alpha value is -2.41. The van der Waals surface area contributed by atoms with Gasteiger partial charge in [-0.25, -0.2) is 9.97 Å². The molecule has 0 amide bonds. The predicted octanol–water partition coefficient (Wildman–Crippen LogP) is 5.09. The Morgan fingerprint density at radius 2 is 1.62 bits per heavy atom. The van der Waals surface area contributed by atoms with Gasteiger partial charge < -0.3 is 20.9 Å². The molecule has 1 aromatic heterocycles. The molecule has 29 heavy (non-hydrogen) atoms. The molecule has 2 heterocycles. The summed E-state index contributed by atoms with van der Waals surface area (Å²) in [5.41, 5.74) is 8.61. The standard InChI is InChI=1S/C20H19Cl3N6/c21-13-3-1-4-14(11-13)28-7-9-29(10-8-28)20-18(24)19(25-12-26-20)27-16-6-2-5-15(22)17(16)23/h1-6,11-12H,7-10,24H2,(H,25,26,27). The zero-order valence-corrected chi connectivity index (χ0v) is 17.7. The number of hydrogen-bond acceptors (Lipinski definition) is 6. The molecule has 0 atom stereocenters. The molecule has 150 valence electrons. The first-order chi connectivity index (χ1) is 14.0. The van der Waals surface area contributed by atoms with Crippen LogP contribution in [0.5, 0.6) is 0 Å². The van der Waals surface area contributed by atoms with Gasteiger partial charge in [0.1, 0.15) is 12.0 Å². The molecule has 4 rings (SSSR count). The highest BCUT2D eigenvalue weighted by Gasteiger charge is 2.22. The first-order valence-corrected chi connectivity index (χ1v) is 10.2. The van der Waals surface area contributed by atoms with E-state index in [2.05, 4.69) is 31.2 Å². The van der Waals surface area contributed by atoms with Gasteiger partial charge in [0.15, 0.2) is 11.6 Å². The van der Waals surface area contributed by atoms with Gasteiger partial charge in [-0.05, 0) is 30.3 Å². The summed E-state index contributed by atoms with van der Waals surface area (Å²) in [5.74, 6) is 1.20. The van der Waals surface area contributed by atoms with Gasteiger partial charge in [-0.3, -0.25) is 0 Å². The number of piperazine rings is 1. The minimum absolute atomic E-state index is 0.420. The number of nitrogen functional groups attached to an aromatic ring is 1. The highest BCUT2D eigenvalue weighted by molar-refractivity contribution is 6.43. The molecule has 0 aliphatic carbocycles. The Morgan fingerprint density at radius 1 is 0.897 bits per heavy atom. The highest BCUT2D eigenvalue weighted by Crippen LogP contribution is 2.35.